The number of anilines is 2. The number of esters is 1. The molecule has 20 nitrogen and oxygen atoms in total. The predicted molar refractivity (Wildman–Crippen MR) is 278 cm³/mol. The molecule has 4 unspecified atom stereocenters. The summed E-state index contributed by atoms with van der Waals surface area (Å²) >= 11 is 0. The number of furan rings is 2. The first-order valence-corrected chi connectivity index (χ1v) is 26.8. The van der Waals surface area contributed by atoms with Gasteiger partial charge < -0.3 is 50.1 Å². The second kappa shape index (κ2) is 24.7. The molecule has 4 aromatic carbocycles. The van der Waals surface area contributed by atoms with Crippen molar-refractivity contribution in [3.63, 3.8) is 0 Å². The minimum atomic E-state index is -3.67. The monoisotopic (exact) mass is 1090 g/mol. The van der Waals surface area contributed by atoms with Crippen molar-refractivity contribution in [1.29, 1.82) is 0 Å². The number of rotatable bonds is 12. The summed E-state index contributed by atoms with van der Waals surface area (Å²) in [5.74, 6) is -4.03. The maximum absolute atomic E-state index is 13.6. The van der Waals surface area contributed by atoms with Crippen molar-refractivity contribution in [2.75, 3.05) is 96.7 Å². The van der Waals surface area contributed by atoms with E-state index in [1.165, 1.54) is 88.1 Å². The van der Waals surface area contributed by atoms with Crippen LogP contribution in [0.5, 0.6) is 0 Å². The van der Waals surface area contributed by atoms with Gasteiger partial charge in [-0.2, -0.15) is 0 Å². The van der Waals surface area contributed by atoms with Gasteiger partial charge in [0.1, 0.15) is 34.3 Å². The topological polar surface area (TPSA) is 291 Å². The average molecular weight is 1090 g/mol. The first kappa shape index (κ1) is 62.2. The molecule has 8 rings (SSSR count). The number of likely N-dealkylation sites (N-methyl/N-ethyl adjacent to an activating group) is 2. The number of hydrogen-bond acceptors (Lipinski definition) is 14. The largest absolute Gasteiger partial charge is 1.00 e. The van der Waals surface area contributed by atoms with Gasteiger partial charge in [0.2, 0.25) is 20.0 Å². The summed E-state index contributed by atoms with van der Waals surface area (Å²) in [5, 5.41) is 15.8. The number of likely N-dealkylation sites (tertiary alicyclic amines) is 2. The third-order valence-corrected chi connectivity index (χ3v) is 15.9. The molecule has 0 radical (unpaired) electrons. The van der Waals surface area contributed by atoms with E-state index in [0.717, 1.165) is 16.8 Å². The molecule has 2 aliphatic rings. The summed E-state index contributed by atoms with van der Waals surface area (Å²) < 4.78 is 96.8. The summed E-state index contributed by atoms with van der Waals surface area (Å²) in [7, 11) is 3.59. The molecule has 2 aromatic heterocycles. The molecule has 4 heterocycles. The molecular weight excluding hydrogens is 1030 g/mol. The number of carbonyl (C=O) groups is 4. The van der Waals surface area contributed by atoms with Gasteiger partial charge in [-0.15, -0.1) is 0 Å². The summed E-state index contributed by atoms with van der Waals surface area (Å²) in [4.78, 5) is 54.1. The van der Waals surface area contributed by atoms with Crippen LogP contribution < -0.4 is 38.1 Å². The first-order chi connectivity index (χ1) is 34.3. The number of ether oxygens (including phenoxy) is 1. The van der Waals surface area contributed by atoms with Gasteiger partial charge in [0.25, 0.3) is 11.8 Å². The van der Waals surface area contributed by atoms with Crippen LogP contribution in [0.25, 0.3) is 44.6 Å². The maximum Gasteiger partial charge on any atom is 1.00 e. The number of carboxylic acid groups (broad SMARTS) is 1. The molecule has 0 aliphatic carbocycles. The van der Waals surface area contributed by atoms with Gasteiger partial charge in [-0.3, -0.25) is 27.8 Å². The quantitative estimate of drug-likeness (QED) is 0.117. The molecule has 4 atom stereocenters. The smallest absolute Gasteiger partial charge is 0.870 e. The van der Waals surface area contributed by atoms with Crippen molar-refractivity contribution in [2.45, 2.75) is 24.7 Å². The van der Waals surface area contributed by atoms with Crippen molar-refractivity contribution >= 4 is 77.1 Å². The third kappa shape index (κ3) is 13.1. The van der Waals surface area contributed by atoms with Crippen LogP contribution in [0.2, 0.25) is 0 Å². The van der Waals surface area contributed by atoms with Gasteiger partial charge in [-0.1, -0.05) is 0 Å². The molecule has 406 valence electrons. The number of carbonyl (C=O) groups excluding carboxylic acids is 3. The number of halogens is 2. The molecule has 0 bridgehead atoms. The number of sulfonamides is 2. The molecule has 6 N–H and O–H groups in total. The van der Waals surface area contributed by atoms with Gasteiger partial charge in [-0.25, -0.2) is 25.6 Å². The molecule has 0 spiro atoms. The van der Waals surface area contributed by atoms with E-state index in [0.29, 0.717) is 89.0 Å². The van der Waals surface area contributed by atoms with Crippen LogP contribution in [0.3, 0.4) is 0 Å². The van der Waals surface area contributed by atoms with E-state index in [4.69, 9.17) is 13.6 Å². The molecule has 2 saturated heterocycles. The number of hydrogen-bond donors (Lipinski definition) is 3. The summed E-state index contributed by atoms with van der Waals surface area (Å²) in [5.41, 5.74) is 4.05. The number of nitrogens with one attached hydrogen (secondary N) is 2. The van der Waals surface area contributed by atoms with Crippen LogP contribution in [0.15, 0.2) is 81.6 Å². The molecule has 25 heteroatoms. The minimum absolute atomic E-state index is 0. The minimum Gasteiger partial charge on any atom is -0.870 e. The summed E-state index contributed by atoms with van der Waals surface area (Å²) in [6.07, 6.45) is 2.95. The number of carboxylic acids is 1. The number of aliphatic carboxylic acids is 1. The second-order valence-electron chi connectivity index (χ2n) is 18.6. The zero-order valence-electron chi connectivity index (χ0n) is 43.7. The normalized spacial score (nSPS) is 17.9. The molecule has 2 aliphatic heterocycles. The van der Waals surface area contributed by atoms with Gasteiger partial charge in [-0.05, 0) is 111 Å². The van der Waals surface area contributed by atoms with Crippen LogP contribution in [0.4, 0.5) is 20.2 Å². The zero-order chi connectivity index (χ0) is 53.4. The molecule has 2 fully saturated rings. The van der Waals surface area contributed by atoms with Gasteiger partial charge in [0.15, 0.2) is 0 Å². The second-order valence-corrected chi connectivity index (χ2v) is 22.7. The maximum atomic E-state index is 13.6. The van der Waals surface area contributed by atoms with Crippen LogP contribution in [-0.2, 0) is 34.4 Å². The predicted octanol–water partition coefficient (Wildman–Crippen LogP) is 2.32. The van der Waals surface area contributed by atoms with Crippen molar-refractivity contribution in [3.05, 3.63) is 107 Å². The zero-order valence-corrected chi connectivity index (χ0v) is 45.4. The Kier molecular flexibility index (Phi) is 20.2. The number of piperidine rings is 2. The van der Waals surface area contributed by atoms with Crippen molar-refractivity contribution in [1.82, 2.24) is 20.4 Å². The number of nitrogens with zero attached hydrogens (tertiary/aromatic N) is 4. The fraction of sp³-hybridized carbons (Fsp3) is 0.373. The number of fused-ring (bicyclic) bond motifs is 2. The van der Waals surface area contributed by atoms with Gasteiger partial charge >= 0.3 is 30.8 Å². The van der Waals surface area contributed by atoms with E-state index in [1.807, 2.05) is 23.9 Å². The number of methoxy groups -OCH3 is 1. The van der Waals surface area contributed by atoms with E-state index >= 15 is 0 Å². The summed E-state index contributed by atoms with van der Waals surface area (Å²) in [6, 6.07) is 17.7. The Bertz CT molecular complexity index is 3340. The molecule has 76 heavy (non-hydrogen) atoms. The van der Waals surface area contributed by atoms with E-state index < -0.39 is 61.3 Å². The molecular formula is C51H61F2LiN6O14S2. The van der Waals surface area contributed by atoms with Gasteiger partial charge in [0.05, 0.1) is 54.0 Å². The Morgan fingerprint density at radius 3 is 1.34 bits per heavy atom. The molecule has 0 saturated carbocycles. The SMILES string of the molecule is CNC(=O)c1c(-c2ccc(F)cc2)oc2cc(N(C)S(C)(=O)=O)c(C3CC(C(=O)O)CN(C)C3)cc12.CNC(=O)c1c(-c2ccc(F)cc2)oc2cc(N(C)S(C)(=O)=O)c(C3CC(C(=O)OC)CN(C)C3)cc12.O.[Li+].[OH-]. The number of amides is 2. The molecule has 6 aromatic rings. The van der Waals surface area contributed by atoms with Crippen LogP contribution in [0, 0.1) is 23.5 Å². The fourth-order valence-corrected chi connectivity index (χ4v) is 10.8. The van der Waals surface area contributed by atoms with Gasteiger partial charge in [0, 0.05) is 88.4 Å². The van der Waals surface area contributed by atoms with Crippen molar-refractivity contribution in [3.8, 4) is 22.6 Å². The van der Waals surface area contributed by atoms with E-state index in [2.05, 4.69) is 10.6 Å². The Balaban J connectivity index is 0.000000316. The first-order valence-electron chi connectivity index (χ1n) is 23.1. The average Bonchev–Trinajstić information content (AvgIpc) is 3.92. The Labute approximate surface area is 451 Å². The van der Waals surface area contributed by atoms with Crippen LogP contribution in [0.1, 0.15) is 56.5 Å². The van der Waals surface area contributed by atoms with Crippen molar-refractivity contribution in [2.24, 2.45) is 11.8 Å². The Morgan fingerprint density at radius 2 is 1.01 bits per heavy atom. The van der Waals surface area contributed by atoms with Crippen LogP contribution >= 0.6 is 0 Å². The third-order valence-electron chi connectivity index (χ3n) is 13.5. The Morgan fingerprint density at radius 1 is 0.658 bits per heavy atom. The van der Waals surface area contributed by atoms with Crippen molar-refractivity contribution < 1.29 is 93.3 Å². The van der Waals surface area contributed by atoms with E-state index in [1.54, 1.807) is 24.3 Å². The fourth-order valence-electron chi connectivity index (χ4n) is 9.77. The molecule has 2 amide bonds. The van der Waals surface area contributed by atoms with E-state index in [9.17, 15) is 49.9 Å². The van der Waals surface area contributed by atoms with Crippen LogP contribution in [-0.4, -0.2) is 155 Å². The standard InChI is InChI=1S/C26H30FN3O6S.C25H28FN3O6S.Li.2H2O/c1-28-25(31)23-20-11-19(16-10-17(26(32)35-4)14-29(2)13-16)21(30(3)37(5,33)34)12-22(20)36-24(23)15-6-8-18(27)9-7-15;1-27-24(30)22-19-10-18(15-9-16(25(31)32)13-28(2)12-15)20(29(3)36(4,33)34)11-21(19)35-23(22)14-5-7-17(26)8-6-14;;;/h6-9,11-12,16-17H,10,13-14H2,1-5H3,(H,28,31);5-8,10-11,15-16H,9,12-13H2,1-4H3,(H,27,30)(H,31,32);;2*1H2/q;;+1;;/p-1. The Hall–Kier alpha value is -6.36. The number of benzene rings is 4. The summed E-state index contributed by atoms with van der Waals surface area (Å²) in [6.45, 7) is 1.99. The van der Waals surface area contributed by atoms with E-state index in [-0.39, 0.29) is 75.8 Å².